The van der Waals surface area contributed by atoms with Crippen LogP contribution in [0.25, 0.3) is 11.0 Å². The van der Waals surface area contributed by atoms with Crippen LogP contribution in [0.2, 0.25) is 0 Å². The molecule has 1 N–H and O–H groups in total. The molecule has 0 bridgehead atoms. The van der Waals surface area contributed by atoms with Crippen LogP contribution in [0.3, 0.4) is 0 Å². The molecular formula is C8H7IN2O. The minimum atomic E-state index is -0.0610. The Hall–Kier alpha value is -0.780. The summed E-state index contributed by atoms with van der Waals surface area (Å²) in [5.41, 5.74) is 1.81. The monoisotopic (exact) mass is 274 g/mol. The molecule has 4 heteroatoms. The third-order valence-electron chi connectivity index (χ3n) is 1.89. The van der Waals surface area contributed by atoms with Gasteiger partial charge in [0.1, 0.15) is 0 Å². The molecule has 3 nitrogen and oxygen atoms in total. The lowest BCUT2D eigenvalue weighted by atomic mass is 10.3. The highest BCUT2D eigenvalue weighted by Gasteiger charge is 2.03. The van der Waals surface area contributed by atoms with Gasteiger partial charge in [0.2, 0.25) is 0 Å². The van der Waals surface area contributed by atoms with Crippen LogP contribution in [0.5, 0.6) is 0 Å². The standard InChI is InChI=1S/C8H7IN2O/c1-11-6-4-2-3-5(9)7(6)10-8(11)12/h2-4H,1H3,(H,10,12). The quantitative estimate of drug-likeness (QED) is 0.726. The molecule has 0 saturated carbocycles. The molecular weight excluding hydrogens is 267 g/mol. The first-order chi connectivity index (χ1) is 5.70. The molecule has 0 amide bonds. The second-order valence-electron chi connectivity index (χ2n) is 2.62. The minimum absolute atomic E-state index is 0.0610. The van der Waals surface area contributed by atoms with Crippen LogP contribution in [-0.4, -0.2) is 9.55 Å². The van der Waals surface area contributed by atoms with Gasteiger partial charge in [-0.2, -0.15) is 0 Å². The first-order valence-electron chi connectivity index (χ1n) is 3.53. The molecule has 1 heterocycles. The third kappa shape index (κ3) is 0.979. The van der Waals surface area contributed by atoms with Gasteiger partial charge in [0, 0.05) is 10.6 Å². The van der Waals surface area contributed by atoms with Crippen molar-refractivity contribution in [3.05, 3.63) is 32.3 Å². The van der Waals surface area contributed by atoms with E-state index < -0.39 is 0 Å². The summed E-state index contributed by atoms with van der Waals surface area (Å²) in [5.74, 6) is 0. The highest BCUT2D eigenvalue weighted by molar-refractivity contribution is 14.1. The van der Waals surface area contributed by atoms with Gasteiger partial charge in [-0.25, -0.2) is 4.79 Å². The SMILES string of the molecule is Cn1c(=O)[nH]c2c(I)cccc21. The zero-order chi connectivity index (χ0) is 8.72. The zero-order valence-corrected chi connectivity index (χ0v) is 8.62. The van der Waals surface area contributed by atoms with Crippen molar-refractivity contribution < 1.29 is 0 Å². The average molecular weight is 274 g/mol. The van der Waals surface area contributed by atoms with E-state index in [-0.39, 0.29) is 5.69 Å². The molecule has 0 radical (unpaired) electrons. The Morgan fingerprint density at radius 2 is 2.25 bits per heavy atom. The number of aryl methyl sites for hydroxylation is 1. The Labute approximate surface area is 82.5 Å². The number of H-pyrrole nitrogens is 1. The Kier molecular flexibility index (Phi) is 1.71. The van der Waals surface area contributed by atoms with E-state index in [0.29, 0.717) is 0 Å². The van der Waals surface area contributed by atoms with Gasteiger partial charge in [0.15, 0.2) is 0 Å². The fraction of sp³-hybridized carbons (Fsp3) is 0.125. The van der Waals surface area contributed by atoms with E-state index in [1.165, 1.54) is 0 Å². The van der Waals surface area contributed by atoms with Crippen LogP contribution in [0.15, 0.2) is 23.0 Å². The molecule has 0 spiro atoms. The lowest BCUT2D eigenvalue weighted by molar-refractivity contribution is 0.891. The van der Waals surface area contributed by atoms with E-state index in [2.05, 4.69) is 27.6 Å². The van der Waals surface area contributed by atoms with Crippen molar-refractivity contribution in [2.75, 3.05) is 0 Å². The van der Waals surface area contributed by atoms with Crippen molar-refractivity contribution in [2.24, 2.45) is 7.05 Å². The van der Waals surface area contributed by atoms with Crippen molar-refractivity contribution in [3.8, 4) is 0 Å². The molecule has 2 rings (SSSR count). The summed E-state index contributed by atoms with van der Waals surface area (Å²) in [6.45, 7) is 0. The lowest BCUT2D eigenvalue weighted by Crippen LogP contribution is -2.11. The first-order valence-corrected chi connectivity index (χ1v) is 4.61. The number of nitrogens with zero attached hydrogens (tertiary/aromatic N) is 1. The predicted molar refractivity (Wildman–Crippen MR) is 56.3 cm³/mol. The van der Waals surface area contributed by atoms with Crippen LogP contribution >= 0.6 is 22.6 Å². The van der Waals surface area contributed by atoms with Crippen molar-refractivity contribution in [2.45, 2.75) is 0 Å². The molecule has 0 aliphatic heterocycles. The van der Waals surface area contributed by atoms with Crippen LogP contribution < -0.4 is 5.69 Å². The minimum Gasteiger partial charge on any atom is -0.305 e. The van der Waals surface area contributed by atoms with E-state index in [4.69, 9.17) is 0 Å². The van der Waals surface area contributed by atoms with Gasteiger partial charge in [0.25, 0.3) is 0 Å². The maximum Gasteiger partial charge on any atom is 0.326 e. The first kappa shape index (κ1) is 7.85. The second-order valence-corrected chi connectivity index (χ2v) is 3.79. The van der Waals surface area contributed by atoms with Crippen LogP contribution in [-0.2, 0) is 7.05 Å². The summed E-state index contributed by atoms with van der Waals surface area (Å²) in [7, 11) is 1.76. The molecule has 12 heavy (non-hydrogen) atoms. The van der Waals surface area contributed by atoms with Crippen LogP contribution in [0.1, 0.15) is 0 Å². The van der Waals surface area contributed by atoms with E-state index in [0.717, 1.165) is 14.6 Å². The maximum atomic E-state index is 11.2. The molecule has 0 unspecified atom stereocenters. The molecule has 0 aliphatic carbocycles. The molecule has 0 aliphatic rings. The molecule has 1 aromatic carbocycles. The van der Waals surface area contributed by atoms with Crippen LogP contribution in [0, 0.1) is 3.57 Å². The van der Waals surface area contributed by atoms with Gasteiger partial charge in [-0.1, -0.05) is 6.07 Å². The number of imidazole rings is 1. The number of hydrogen-bond acceptors (Lipinski definition) is 1. The highest BCUT2D eigenvalue weighted by atomic mass is 127. The smallest absolute Gasteiger partial charge is 0.305 e. The van der Waals surface area contributed by atoms with Gasteiger partial charge in [0.05, 0.1) is 11.0 Å². The number of nitrogens with one attached hydrogen (secondary N) is 1. The average Bonchev–Trinajstić information content (AvgIpc) is 2.32. The maximum absolute atomic E-state index is 11.2. The largest absolute Gasteiger partial charge is 0.326 e. The fourth-order valence-corrected chi connectivity index (χ4v) is 1.83. The van der Waals surface area contributed by atoms with E-state index in [1.807, 2.05) is 18.2 Å². The summed E-state index contributed by atoms with van der Waals surface area (Å²) in [5, 5.41) is 0. The Bertz CT molecular complexity index is 483. The normalized spacial score (nSPS) is 10.8. The molecule has 1 aromatic heterocycles. The van der Waals surface area contributed by atoms with Gasteiger partial charge in [-0.05, 0) is 34.7 Å². The number of fused-ring (bicyclic) bond motifs is 1. The van der Waals surface area contributed by atoms with Gasteiger partial charge in [-0.15, -0.1) is 0 Å². The van der Waals surface area contributed by atoms with E-state index in [1.54, 1.807) is 11.6 Å². The van der Waals surface area contributed by atoms with Gasteiger partial charge < -0.3 is 4.98 Å². The summed E-state index contributed by atoms with van der Waals surface area (Å²) >= 11 is 2.20. The van der Waals surface area contributed by atoms with Crippen LogP contribution in [0.4, 0.5) is 0 Å². The Morgan fingerprint density at radius 1 is 1.50 bits per heavy atom. The molecule has 62 valence electrons. The number of hydrogen-bond donors (Lipinski definition) is 1. The lowest BCUT2D eigenvalue weighted by Gasteiger charge is -1.93. The summed E-state index contributed by atoms with van der Waals surface area (Å²) in [4.78, 5) is 14.0. The number of benzene rings is 1. The molecule has 2 aromatic rings. The summed E-state index contributed by atoms with van der Waals surface area (Å²) in [6.07, 6.45) is 0. The Balaban J connectivity index is 3.05. The summed E-state index contributed by atoms with van der Waals surface area (Å²) < 4.78 is 2.68. The highest BCUT2D eigenvalue weighted by Crippen LogP contribution is 2.15. The van der Waals surface area contributed by atoms with Gasteiger partial charge in [-0.3, -0.25) is 4.57 Å². The fourth-order valence-electron chi connectivity index (χ4n) is 1.22. The van der Waals surface area contributed by atoms with Crippen molar-refractivity contribution in [1.82, 2.24) is 9.55 Å². The number of para-hydroxylation sites is 1. The molecule has 0 fully saturated rings. The third-order valence-corrected chi connectivity index (χ3v) is 2.79. The van der Waals surface area contributed by atoms with E-state index in [9.17, 15) is 4.79 Å². The van der Waals surface area contributed by atoms with E-state index >= 15 is 0 Å². The number of aromatic nitrogens is 2. The Morgan fingerprint density at radius 3 is 2.92 bits per heavy atom. The number of aromatic amines is 1. The number of rotatable bonds is 0. The molecule has 0 saturated heterocycles. The summed E-state index contributed by atoms with van der Waals surface area (Å²) in [6, 6.07) is 5.84. The topological polar surface area (TPSA) is 37.8 Å². The second kappa shape index (κ2) is 2.62. The van der Waals surface area contributed by atoms with Gasteiger partial charge >= 0.3 is 5.69 Å². The predicted octanol–water partition coefficient (Wildman–Crippen LogP) is 1.47. The zero-order valence-electron chi connectivity index (χ0n) is 6.47. The van der Waals surface area contributed by atoms with Crippen molar-refractivity contribution in [3.63, 3.8) is 0 Å². The molecule has 0 atom stereocenters. The van der Waals surface area contributed by atoms with Crippen molar-refractivity contribution >= 4 is 33.6 Å². The van der Waals surface area contributed by atoms with Crippen molar-refractivity contribution in [1.29, 1.82) is 0 Å². The number of halogens is 1.